The third kappa shape index (κ3) is 15.8. The fourth-order valence-electron chi connectivity index (χ4n) is 4.11. The molecular formula is C28H44Cl2MnN2. The van der Waals surface area contributed by atoms with E-state index in [2.05, 4.69) is 48.1 Å². The van der Waals surface area contributed by atoms with Gasteiger partial charge in [-0.1, -0.05) is 90.9 Å². The number of nitrogens with zero attached hydrogens (tertiary/aromatic N) is 2. The second-order valence-corrected chi connectivity index (χ2v) is 10.8. The quantitative estimate of drug-likeness (QED) is 0.149. The van der Waals surface area contributed by atoms with Crippen LogP contribution >= 0.6 is 20.2 Å². The van der Waals surface area contributed by atoms with Crippen molar-refractivity contribution in [2.45, 2.75) is 117 Å². The van der Waals surface area contributed by atoms with Crippen molar-refractivity contribution in [2.24, 2.45) is 0 Å². The molecule has 187 valence electrons. The number of unbranched alkanes of at least 4 members (excludes halogenated alkanes) is 12. The Balaban J connectivity index is 0.00000172. The average molecular weight is 535 g/mol. The van der Waals surface area contributed by atoms with E-state index in [1.165, 1.54) is 101 Å². The van der Waals surface area contributed by atoms with Crippen molar-refractivity contribution in [3.8, 4) is 11.4 Å². The van der Waals surface area contributed by atoms with E-state index in [0.717, 1.165) is 24.2 Å². The Morgan fingerprint density at radius 1 is 0.576 bits per heavy atom. The molecule has 0 fully saturated rings. The molecule has 0 amide bonds. The summed E-state index contributed by atoms with van der Waals surface area (Å²) >= 11 is 0.00694. The molecule has 2 aromatic rings. The molecule has 0 bridgehead atoms. The number of halogens is 2. The van der Waals surface area contributed by atoms with Crippen LogP contribution in [0.2, 0.25) is 0 Å². The van der Waals surface area contributed by atoms with Crippen molar-refractivity contribution < 1.29 is 13.1 Å². The summed E-state index contributed by atoms with van der Waals surface area (Å²) < 4.78 is 0. The molecule has 0 saturated heterocycles. The minimum absolute atomic E-state index is 0.00694. The van der Waals surface area contributed by atoms with Gasteiger partial charge in [0.1, 0.15) is 0 Å². The standard InChI is InChI=1S/C28H44N2.2ClH.Mn/c1-3-5-7-9-11-13-15-17-25-19-21-29-27(23-25)28-24-26(20-22-30-28)18-16-14-12-10-8-6-4-2;;;/h19-24H,3-18H2,1-2H3;2*1H;/q;;;+2/p-2. The van der Waals surface area contributed by atoms with Crippen LogP contribution < -0.4 is 0 Å². The fraction of sp³-hybridized carbons (Fsp3) is 0.643. The Labute approximate surface area is 218 Å². The van der Waals surface area contributed by atoms with Crippen molar-refractivity contribution in [3.63, 3.8) is 0 Å². The predicted octanol–water partition coefficient (Wildman–Crippen LogP) is 10.1. The fourth-order valence-corrected chi connectivity index (χ4v) is 4.11. The van der Waals surface area contributed by atoms with Gasteiger partial charge in [0.25, 0.3) is 0 Å². The van der Waals surface area contributed by atoms with Crippen LogP contribution in [0.15, 0.2) is 36.7 Å². The van der Waals surface area contributed by atoms with Crippen LogP contribution in [0.25, 0.3) is 11.4 Å². The van der Waals surface area contributed by atoms with Gasteiger partial charge >= 0.3 is 33.3 Å². The van der Waals surface area contributed by atoms with Crippen LogP contribution in [-0.4, -0.2) is 9.97 Å². The Morgan fingerprint density at radius 2 is 0.909 bits per heavy atom. The van der Waals surface area contributed by atoms with Crippen LogP contribution in [0.1, 0.15) is 115 Å². The molecule has 0 unspecified atom stereocenters. The summed E-state index contributed by atoms with van der Waals surface area (Å²) in [6.07, 6.45) is 25.2. The van der Waals surface area contributed by atoms with Crippen molar-refractivity contribution >= 4 is 20.2 Å². The predicted molar refractivity (Wildman–Crippen MR) is 143 cm³/mol. The van der Waals surface area contributed by atoms with Crippen molar-refractivity contribution in [1.29, 1.82) is 0 Å². The van der Waals surface area contributed by atoms with Crippen LogP contribution in [0.5, 0.6) is 0 Å². The molecule has 0 aliphatic carbocycles. The zero-order chi connectivity index (χ0) is 24.0. The molecule has 0 aromatic carbocycles. The van der Waals surface area contributed by atoms with Gasteiger partial charge in [0.05, 0.1) is 11.4 Å². The summed E-state index contributed by atoms with van der Waals surface area (Å²) in [5.41, 5.74) is 4.84. The molecule has 0 saturated carbocycles. The molecule has 0 atom stereocenters. The second-order valence-electron chi connectivity index (χ2n) is 8.90. The van der Waals surface area contributed by atoms with E-state index in [9.17, 15) is 0 Å². The van der Waals surface area contributed by atoms with Crippen LogP contribution in [0.3, 0.4) is 0 Å². The normalized spacial score (nSPS) is 10.7. The van der Waals surface area contributed by atoms with Gasteiger partial charge in [0.2, 0.25) is 0 Å². The maximum absolute atomic E-state index is 4.80. The second kappa shape index (κ2) is 21.9. The monoisotopic (exact) mass is 533 g/mol. The van der Waals surface area contributed by atoms with E-state index < -0.39 is 0 Å². The van der Waals surface area contributed by atoms with E-state index >= 15 is 0 Å². The number of aryl methyl sites for hydroxylation is 2. The summed E-state index contributed by atoms with van der Waals surface area (Å²) in [6, 6.07) is 8.83. The maximum atomic E-state index is 4.80. The minimum atomic E-state index is 0.00694. The van der Waals surface area contributed by atoms with Crippen LogP contribution in [0, 0.1) is 0 Å². The number of hydrogen-bond acceptors (Lipinski definition) is 2. The van der Waals surface area contributed by atoms with Crippen LogP contribution in [-0.2, 0) is 26.0 Å². The Morgan fingerprint density at radius 3 is 1.27 bits per heavy atom. The molecule has 0 spiro atoms. The Kier molecular flexibility index (Phi) is 20.2. The van der Waals surface area contributed by atoms with Crippen molar-refractivity contribution in [1.82, 2.24) is 9.97 Å². The first kappa shape index (κ1) is 30.4. The summed E-state index contributed by atoms with van der Waals surface area (Å²) in [4.78, 5) is 9.21. The van der Waals surface area contributed by atoms with Crippen molar-refractivity contribution in [2.75, 3.05) is 0 Å². The van der Waals surface area contributed by atoms with E-state index in [1.54, 1.807) is 0 Å². The van der Waals surface area contributed by atoms with E-state index in [4.69, 9.17) is 20.2 Å². The number of aromatic nitrogens is 2. The van der Waals surface area contributed by atoms with Gasteiger partial charge in [-0.3, -0.25) is 9.97 Å². The van der Waals surface area contributed by atoms with Gasteiger partial charge in [-0.15, -0.1) is 0 Å². The number of hydrogen-bond donors (Lipinski definition) is 0. The summed E-state index contributed by atoms with van der Waals surface area (Å²) in [5.74, 6) is 0. The van der Waals surface area contributed by atoms with E-state index in [-0.39, 0.29) is 13.1 Å². The third-order valence-corrected chi connectivity index (χ3v) is 6.05. The van der Waals surface area contributed by atoms with Gasteiger partial charge in [0.15, 0.2) is 0 Å². The molecule has 2 heterocycles. The zero-order valence-electron chi connectivity index (χ0n) is 20.8. The first-order valence-corrected chi connectivity index (χ1v) is 16.3. The van der Waals surface area contributed by atoms with Gasteiger partial charge in [-0.25, -0.2) is 0 Å². The first-order chi connectivity index (χ1) is 16.2. The van der Waals surface area contributed by atoms with E-state index in [1.807, 2.05) is 12.4 Å². The molecule has 2 nitrogen and oxygen atoms in total. The summed E-state index contributed by atoms with van der Waals surface area (Å²) in [5, 5.41) is 0. The third-order valence-electron chi connectivity index (χ3n) is 6.05. The molecule has 0 N–H and O–H groups in total. The van der Waals surface area contributed by atoms with Gasteiger partial charge < -0.3 is 0 Å². The summed E-state index contributed by atoms with van der Waals surface area (Å²) in [6.45, 7) is 4.56. The average Bonchev–Trinajstić information content (AvgIpc) is 2.84. The number of rotatable bonds is 17. The number of pyridine rings is 2. The molecular weight excluding hydrogens is 490 g/mol. The topological polar surface area (TPSA) is 25.8 Å². The summed E-state index contributed by atoms with van der Waals surface area (Å²) in [7, 11) is 9.59. The van der Waals surface area contributed by atoms with E-state index in [0.29, 0.717) is 0 Å². The SMILES string of the molecule is CCCCCCCCCc1ccnc(-c2cc(CCCCCCCCC)ccn2)c1.[Cl][Mn][Cl]. The Hall–Kier alpha value is -0.601. The van der Waals surface area contributed by atoms with Gasteiger partial charge in [0, 0.05) is 12.4 Å². The Bertz CT molecular complexity index is 652. The first-order valence-electron chi connectivity index (χ1n) is 13.0. The molecule has 0 aliphatic rings. The molecule has 0 radical (unpaired) electrons. The van der Waals surface area contributed by atoms with Gasteiger partial charge in [-0.05, 0) is 61.1 Å². The molecule has 2 rings (SSSR count). The zero-order valence-corrected chi connectivity index (χ0v) is 23.5. The molecule has 2 aromatic heterocycles. The molecule has 0 aliphatic heterocycles. The van der Waals surface area contributed by atoms with Crippen molar-refractivity contribution in [3.05, 3.63) is 47.8 Å². The molecule has 33 heavy (non-hydrogen) atoms. The van der Waals surface area contributed by atoms with Crippen LogP contribution in [0.4, 0.5) is 0 Å². The molecule has 5 heteroatoms. The van der Waals surface area contributed by atoms with Gasteiger partial charge in [-0.2, -0.15) is 0 Å².